The van der Waals surface area contributed by atoms with Crippen molar-refractivity contribution in [2.75, 3.05) is 27.4 Å². The van der Waals surface area contributed by atoms with Crippen molar-refractivity contribution in [3.8, 4) is 0 Å². The first-order valence-corrected chi connectivity index (χ1v) is 7.89. The zero-order chi connectivity index (χ0) is 16.2. The molecule has 1 aliphatic rings. The van der Waals surface area contributed by atoms with Crippen molar-refractivity contribution < 1.29 is 20.4 Å². The van der Waals surface area contributed by atoms with Gasteiger partial charge in [0.15, 0.2) is 0 Å². The van der Waals surface area contributed by atoms with Crippen molar-refractivity contribution in [1.29, 1.82) is 0 Å². The van der Waals surface area contributed by atoms with Gasteiger partial charge >= 0.3 is 0 Å². The largest absolute Gasteiger partial charge is 0.400 e. The topological polar surface area (TPSA) is 80.9 Å². The molecule has 0 bridgehead atoms. The second-order valence-corrected chi connectivity index (χ2v) is 4.96. The van der Waals surface area contributed by atoms with Crippen LogP contribution >= 0.6 is 0 Å². The molecule has 0 aliphatic heterocycles. The van der Waals surface area contributed by atoms with E-state index in [1.54, 1.807) is 0 Å². The van der Waals surface area contributed by atoms with E-state index < -0.39 is 0 Å². The molecule has 4 N–H and O–H groups in total. The Kier molecular flexibility index (Phi) is 29.7. The fourth-order valence-corrected chi connectivity index (χ4v) is 2.10. The lowest BCUT2D eigenvalue weighted by Gasteiger charge is -2.25. The number of aliphatic hydroxyl groups excluding tert-OH is 4. The Morgan fingerprint density at radius 2 is 0.900 bits per heavy atom. The van der Waals surface area contributed by atoms with Crippen LogP contribution in [0.1, 0.15) is 65.2 Å². The molecule has 4 heteroatoms. The lowest BCUT2D eigenvalue weighted by atomic mass is 9.83. The third-order valence-corrected chi connectivity index (χ3v) is 3.44. The Hall–Kier alpha value is -0.160. The van der Waals surface area contributed by atoms with E-state index in [-0.39, 0.29) is 0 Å². The smallest absolute Gasteiger partial charge is 0.0459 e. The van der Waals surface area contributed by atoms with E-state index in [4.69, 9.17) is 20.4 Å². The molecule has 1 aliphatic carbocycles. The zero-order valence-corrected chi connectivity index (χ0v) is 14.0. The average Bonchev–Trinajstić information content (AvgIpc) is 2.57. The lowest BCUT2D eigenvalue weighted by Crippen LogP contribution is -2.19. The molecule has 0 radical (unpaired) electrons. The van der Waals surface area contributed by atoms with Gasteiger partial charge in [-0.2, -0.15) is 0 Å². The van der Waals surface area contributed by atoms with Gasteiger partial charge in [-0.25, -0.2) is 0 Å². The summed E-state index contributed by atoms with van der Waals surface area (Å²) in [6.07, 6.45) is 9.93. The summed E-state index contributed by atoms with van der Waals surface area (Å²) in [6.45, 7) is 5.13. The fraction of sp³-hybridized carbons (Fsp3) is 1.00. The molecule has 0 spiro atoms. The van der Waals surface area contributed by atoms with Crippen molar-refractivity contribution in [1.82, 2.24) is 0 Å². The summed E-state index contributed by atoms with van der Waals surface area (Å²) in [4.78, 5) is 0. The van der Waals surface area contributed by atoms with Crippen molar-refractivity contribution in [3.63, 3.8) is 0 Å². The van der Waals surface area contributed by atoms with Crippen molar-refractivity contribution in [2.45, 2.75) is 65.2 Å². The quantitative estimate of drug-likeness (QED) is 0.588. The van der Waals surface area contributed by atoms with Crippen LogP contribution in [-0.4, -0.2) is 47.9 Å². The van der Waals surface area contributed by atoms with E-state index in [1.165, 1.54) is 25.7 Å². The maximum Gasteiger partial charge on any atom is 0.0459 e. The zero-order valence-electron chi connectivity index (χ0n) is 14.0. The molecule has 1 saturated carbocycles. The van der Waals surface area contributed by atoms with Crippen LogP contribution in [0.2, 0.25) is 0 Å². The minimum Gasteiger partial charge on any atom is -0.400 e. The van der Waals surface area contributed by atoms with E-state index in [2.05, 4.69) is 13.8 Å². The summed E-state index contributed by atoms with van der Waals surface area (Å²) >= 11 is 0. The van der Waals surface area contributed by atoms with Crippen LogP contribution in [0.4, 0.5) is 0 Å². The summed E-state index contributed by atoms with van der Waals surface area (Å²) in [5, 5.41) is 31.6. The third kappa shape index (κ3) is 17.8. The van der Waals surface area contributed by atoms with Crippen LogP contribution in [0.25, 0.3) is 0 Å². The molecule has 0 aromatic heterocycles. The molecule has 0 saturated heterocycles. The van der Waals surface area contributed by atoms with Crippen molar-refractivity contribution in [3.05, 3.63) is 0 Å². The van der Waals surface area contributed by atoms with Gasteiger partial charge in [0, 0.05) is 27.4 Å². The number of unbranched alkanes of at least 4 members (excludes halogenated alkanes) is 3. The first-order valence-electron chi connectivity index (χ1n) is 7.89. The van der Waals surface area contributed by atoms with Crippen LogP contribution in [0.5, 0.6) is 0 Å². The van der Waals surface area contributed by atoms with Crippen LogP contribution in [0, 0.1) is 11.8 Å². The summed E-state index contributed by atoms with van der Waals surface area (Å²) < 4.78 is 0. The Labute approximate surface area is 125 Å². The van der Waals surface area contributed by atoms with Gasteiger partial charge in [0.2, 0.25) is 0 Å². The van der Waals surface area contributed by atoms with E-state index in [9.17, 15) is 0 Å². The summed E-state index contributed by atoms with van der Waals surface area (Å²) in [5.41, 5.74) is 0. The molecule has 0 unspecified atom stereocenters. The minimum absolute atomic E-state index is 0.331. The number of aliphatic hydroxyl groups is 4. The molecule has 0 aromatic carbocycles. The van der Waals surface area contributed by atoms with Gasteiger partial charge in [-0.3, -0.25) is 0 Å². The average molecular weight is 294 g/mol. The Morgan fingerprint density at radius 1 is 0.650 bits per heavy atom. The molecule has 126 valence electrons. The first kappa shape index (κ1) is 24.8. The number of rotatable bonds is 5. The van der Waals surface area contributed by atoms with Gasteiger partial charge < -0.3 is 20.4 Å². The Bertz CT molecular complexity index is 118. The van der Waals surface area contributed by atoms with Crippen molar-refractivity contribution >= 4 is 0 Å². The molecule has 0 amide bonds. The normalized spacial score (nSPS) is 20.4. The molecule has 0 heterocycles. The molecular weight excluding hydrogens is 256 g/mol. The van der Waals surface area contributed by atoms with Gasteiger partial charge in [-0.05, 0) is 37.5 Å². The van der Waals surface area contributed by atoms with E-state index >= 15 is 0 Å². The first-order chi connectivity index (χ1) is 9.78. The lowest BCUT2D eigenvalue weighted by molar-refractivity contribution is 0.131. The SMILES string of the molecule is CCCCCC.CO.CO.OCC1CCC(CO)CC1. The summed E-state index contributed by atoms with van der Waals surface area (Å²) in [7, 11) is 2.00. The Morgan fingerprint density at radius 3 is 1.05 bits per heavy atom. The molecule has 1 rings (SSSR count). The van der Waals surface area contributed by atoms with E-state index in [0.717, 1.165) is 39.9 Å². The number of hydrogen-bond acceptors (Lipinski definition) is 4. The van der Waals surface area contributed by atoms with Crippen LogP contribution < -0.4 is 0 Å². The highest BCUT2D eigenvalue weighted by Crippen LogP contribution is 2.27. The predicted molar refractivity (Wildman–Crippen MR) is 85.7 cm³/mol. The summed E-state index contributed by atoms with van der Waals surface area (Å²) in [6, 6.07) is 0. The van der Waals surface area contributed by atoms with E-state index in [1.807, 2.05) is 0 Å². The van der Waals surface area contributed by atoms with Gasteiger partial charge in [-0.1, -0.05) is 39.5 Å². The highest BCUT2D eigenvalue weighted by molar-refractivity contribution is 4.70. The standard InChI is InChI=1S/C8H16O2.C6H14.2CH4O/c9-5-7-1-2-8(6-10)4-3-7;1-3-5-6-4-2;2*1-2/h7-10H,1-6H2;3-6H2,1-2H3;2*2H,1H3. The maximum atomic E-state index is 8.79. The summed E-state index contributed by atoms with van der Waals surface area (Å²) in [5.74, 6) is 1.03. The maximum absolute atomic E-state index is 8.79. The van der Waals surface area contributed by atoms with Crippen LogP contribution in [-0.2, 0) is 0 Å². The van der Waals surface area contributed by atoms with Gasteiger partial charge in [0.1, 0.15) is 0 Å². The van der Waals surface area contributed by atoms with Crippen LogP contribution in [0.3, 0.4) is 0 Å². The molecular formula is C16H38O4. The monoisotopic (exact) mass is 294 g/mol. The highest BCUT2D eigenvalue weighted by Gasteiger charge is 2.19. The predicted octanol–water partition coefficient (Wildman–Crippen LogP) is 2.58. The van der Waals surface area contributed by atoms with E-state index in [0.29, 0.717) is 25.0 Å². The second kappa shape index (κ2) is 23.9. The molecule has 4 nitrogen and oxygen atoms in total. The Balaban J connectivity index is -0.000000250. The molecule has 20 heavy (non-hydrogen) atoms. The second-order valence-electron chi connectivity index (χ2n) is 4.96. The third-order valence-electron chi connectivity index (χ3n) is 3.44. The number of hydrogen-bond donors (Lipinski definition) is 4. The molecule has 0 atom stereocenters. The molecule has 0 aromatic rings. The highest BCUT2D eigenvalue weighted by atomic mass is 16.3. The van der Waals surface area contributed by atoms with Gasteiger partial charge in [-0.15, -0.1) is 0 Å². The minimum atomic E-state index is 0.331. The van der Waals surface area contributed by atoms with Crippen molar-refractivity contribution in [2.24, 2.45) is 11.8 Å². The van der Waals surface area contributed by atoms with Gasteiger partial charge in [0.05, 0.1) is 0 Å². The van der Waals surface area contributed by atoms with Gasteiger partial charge in [0.25, 0.3) is 0 Å². The van der Waals surface area contributed by atoms with Crippen LogP contribution in [0.15, 0.2) is 0 Å². The fourth-order valence-electron chi connectivity index (χ4n) is 2.10. The molecule has 1 fully saturated rings.